The number of hydrogen-bond donors (Lipinski definition) is 3. The standard InChI is InChI=1S/C19H35N3O4S/c1-3-14(2)17(18(23)20-15-9-7-5-4-6-8-10-15)22-19(24)21-16-11-12-27(25,26)13-16/h14-17H,3-13H2,1-2H3,(H,20,23)(H2,21,22,24)/t14-,16-,17+/m1/s1. The first-order valence-corrected chi connectivity index (χ1v) is 12.2. The quantitative estimate of drug-likeness (QED) is 0.634. The van der Waals surface area contributed by atoms with E-state index >= 15 is 0 Å². The molecule has 2 rings (SSSR count). The highest BCUT2D eigenvalue weighted by Crippen LogP contribution is 2.18. The van der Waals surface area contributed by atoms with Crippen molar-refractivity contribution in [1.29, 1.82) is 0 Å². The summed E-state index contributed by atoms with van der Waals surface area (Å²) in [5, 5.41) is 8.63. The molecule has 2 aliphatic rings. The summed E-state index contributed by atoms with van der Waals surface area (Å²) < 4.78 is 23.1. The number of urea groups is 1. The Labute approximate surface area is 163 Å². The van der Waals surface area contributed by atoms with Crippen molar-refractivity contribution in [2.45, 2.75) is 89.8 Å². The monoisotopic (exact) mass is 401 g/mol. The maximum Gasteiger partial charge on any atom is 0.315 e. The minimum absolute atomic E-state index is 0.00313. The van der Waals surface area contributed by atoms with Crippen LogP contribution in [0.25, 0.3) is 0 Å². The first kappa shape index (κ1) is 22.0. The Morgan fingerprint density at radius 1 is 0.963 bits per heavy atom. The molecule has 7 nitrogen and oxygen atoms in total. The SMILES string of the molecule is CC[C@@H](C)[C@H](NC(=O)N[C@@H]1CCS(=O)(=O)C1)C(=O)NC1CCCCCCC1. The van der Waals surface area contributed by atoms with Gasteiger partial charge < -0.3 is 16.0 Å². The maximum atomic E-state index is 12.8. The highest BCUT2D eigenvalue weighted by molar-refractivity contribution is 7.91. The molecule has 3 atom stereocenters. The first-order valence-electron chi connectivity index (χ1n) is 10.4. The molecule has 27 heavy (non-hydrogen) atoms. The van der Waals surface area contributed by atoms with E-state index in [4.69, 9.17) is 0 Å². The Hall–Kier alpha value is -1.31. The Morgan fingerprint density at radius 3 is 2.15 bits per heavy atom. The van der Waals surface area contributed by atoms with E-state index in [2.05, 4.69) is 16.0 Å². The molecule has 2 fully saturated rings. The first-order chi connectivity index (χ1) is 12.8. The van der Waals surface area contributed by atoms with Gasteiger partial charge in [-0.1, -0.05) is 52.4 Å². The van der Waals surface area contributed by atoms with Crippen LogP contribution < -0.4 is 16.0 Å². The summed E-state index contributed by atoms with van der Waals surface area (Å²) in [5.74, 6) is -0.0573. The maximum absolute atomic E-state index is 12.8. The van der Waals surface area contributed by atoms with Gasteiger partial charge in [0.25, 0.3) is 0 Å². The second-order valence-corrected chi connectivity index (χ2v) is 10.4. The predicted octanol–water partition coefficient (Wildman–Crippen LogP) is 2.12. The van der Waals surface area contributed by atoms with Gasteiger partial charge >= 0.3 is 6.03 Å². The molecule has 1 aliphatic carbocycles. The zero-order chi connectivity index (χ0) is 19.9. The van der Waals surface area contributed by atoms with Gasteiger partial charge in [0, 0.05) is 12.1 Å². The van der Waals surface area contributed by atoms with Crippen molar-refractivity contribution in [3.63, 3.8) is 0 Å². The van der Waals surface area contributed by atoms with E-state index in [1.54, 1.807) is 0 Å². The summed E-state index contributed by atoms with van der Waals surface area (Å²) in [6, 6.07) is -1.27. The van der Waals surface area contributed by atoms with Gasteiger partial charge in [-0.15, -0.1) is 0 Å². The summed E-state index contributed by atoms with van der Waals surface area (Å²) in [7, 11) is -3.05. The van der Waals surface area contributed by atoms with Gasteiger partial charge in [0.2, 0.25) is 5.91 Å². The molecule has 0 aromatic rings. The number of amides is 3. The minimum atomic E-state index is -3.05. The van der Waals surface area contributed by atoms with E-state index in [1.165, 1.54) is 19.3 Å². The van der Waals surface area contributed by atoms with Crippen LogP contribution in [0, 0.1) is 5.92 Å². The van der Waals surface area contributed by atoms with E-state index in [9.17, 15) is 18.0 Å². The van der Waals surface area contributed by atoms with Crippen molar-refractivity contribution < 1.29 is 18.0 Å². The molecular formula is C19H35N3O4S. The molecule has 0 aromatic heterocycles. The highest BCUT2D eigenvalue weighted by Gasteiger charge is 2.31. The van der Waals surface area contributed by atoms with Crippen LogP contribution in [0.15, 0.2) is 0 Å². The Bertz CT molecular complexity index is 600. The number of hydrogen-bond acceptors (Lipinski definition) is 4. The predicted molar refractivity (Wildman–Crippen MR) is 106 cm³/mol. The van der Waals surface area contributed by atoms with Crippen molar-refractivity contribution in [3.05, 3.63) is 0 Å². The van der Waals surface area contributed by atoms with E-state index in [0.717, 1.165) is 32.1 Å². The van der Waals surface area contributed by atoms with Crippen LogP contribution in [0.1, 0.15) is 71.6 Å². The zero-order valence-electron chi connectivity index (χ0n) is 16.6. The fourth-order valence-corrected chi connectivity index (χ4v) is 5.54. The largest absolute Gasteiger partial charge is 0.352 e. The van der Waals surface area contributed by atoms with E-state index < -0.39 is 21.9 Å². The molecule has 0 spiro atoms. The van der Waals surface area contributed by atoms with Crippen molar-refractivity contribution >= 4 is 21.8 Å². The fourth-order valence-electron chi connectivity index (χ4n) is 3.87. The molecule has 0 radical (unpaired) electrons. The fraction of sp³-hybridized carbons (Fsp3) is 0.895. The summed E-state index contributed by atoms with van der Waals surface area (Å²) >= 11 is 0. The Balaban J connectivity index is 1.90. The van der Waals surface area contributed by atoms with E-state index in [1.807, 2.05) is 13.8 Å². The van der Waals surface area contributed by atoms with Crippen LogP contribution in [-0.4, -0.2) is 50.0 Å². The molecule has 0 unspecified atom stereocenters. The third kappa shape index (κ3) is 7.31. The second-order valence-electron chi connectivity index (χ2n) is 8.13. The van der Waals surface area contributed by atoms with Gasteiger partial charge in [0.1, 0.15) is 6.04 Å². The van der Waals surface area contributed by atoms with Gasteiger partial charge in [-0.3, -0.25) is 4.79 Å². The normalized spacial score (nSPS) is 25.6. The third-order valence-corrected chi connectivity index (χ3v) is 7.57. The Kier molecular flexibility index (Phi) is 8.38. The minimum Gasteiger partial charge on any atom is -0.352 e. The molecule has 8 heteroatoms. The van der Waals surface area contributed by atoms with Gasteiger partial charge in [0.05, 0.1) is 11.5 Å². The molecule has 1 saturated carbocycles. The van der Waals surface area contributed by atoms with E-state index in [-0.39, 0.29) is 35.4 Å². The number of carbonyl (C=O) groups is 2. The van der Waals surface area contributed by atoms with Crippen molar-refractivity contribution in [2.75, 3.05) is 11.5 Å². The van der Waals surface area contributed by atoms with Gasteiger partial charge in [-0.25, -0.2) is 13.2 Å². The molecular weight excluding hydrogens is 366 g/mol. The van der Waals surface area contributed by atoms with Crippen molar-refractivity contribution in [2.24, 2.45) is 5.92 Å². The Morgan fingerprint density at radius 2 is 1.59 bits per heavy atom. The molecule has 0 bridgehead atoms. The van der Waals surface area contributed by atoms with Crippen LogP contribution >= 0.6 is 0 Å². The topological polar surface area (TPSA) is 104 Å². The second kappa shape index (κ2) is 10.3. The van der Waals surface area contributed by atoms with Gasteiger partial charge in [-0.05, 0) is 25.2 Å². The molecule has 1 heterocycles. The van der Waals surface area contributed by atoms with Crippen LogP contribution in [0.5, 0.6) is 0 Å². The molecule has 1 saturated heterocycles. The zero-order valence-corrected chi connectivity index (χ0v) is 17.4. The molecule has 156 valence electrons. The van der Waals surface area contributed by atoms with E-state index in [0.29, 0.717) is 6.42 Å². The van der Waals surface area contributed by atoms with Crippen LogP contribution in [0.3, 0.4) is 0 Å². The number of nitrogens with one attached hydrogen (secondary N) is 3. The van der Waals surface area contributed by atoms with Crippen molar-refractivity contribution in [3.8, 4) is 0 Å². The van der Waals surface area contributed by atoms with Crippen LogP contribution in [-0.2, 0) is 14.6 Å². The summed E-state index contributed by atoms with van der Waals surface area (Å²) in [4.78, 5) is 25.2. The van der Waals surface area contributed by atoms with Crippen molar-refractivity contribution in [1.82, 2.24) is 16.0 Å². The lowest BCUT2D eigenvalue weighted by Gasteiger charge is -2.28. The van der Waals surface area contributed by atoms with Crippen LogP contribution in [0.2, 0.25) is 0 Å². The van der Waals surface area contributed by atoms with Gasteiger partial charge in [-0.2, -0.15) is 0 Å². The average Bonchev–Trinajstić information content (AvgIpc) is 2.92. The molecule has 0 aromatic carbocycles. The van der Waals surface area contributed by atoms with Gasteiger partial charge in [0.15, 0.2) is 9.84 Å². The number of sulfone groups is 1. The average molecular weight is 402 g/mol. The lowest BCUT2D eigenvalue weighted by Crippen LogP contribution is -2.56. The molecule has 3 amide bonds. The number of carbonyl (C=O) groups excluding carboxylic acids is 2. The third-order valence-electron chi connectivity index (χ3n) is 5.80. The smallest absolute Gasteiger partial charge is 0.315 e. The molecule has 1 aliphatic heterocycles. The highest BCUT2D eigenvalue weighted by atomic mass is 32.2. The summed E-state index contributed by atoms with van der Waals surface area (Å²) in [6.07, 6.45) is 9.13. The lowest BCUT2D eigenvalue weighted by atomic mass is 9.94. The summed E-state index contributed by atoms with van der Waals surface area (Å²) in [6.45, 7) is 3.94. The molecule has 3 N–H and O–H groups in total. The summed E-state index contributed by atoms with van der Waals surface area (Å²) in [5.41, 5.74) is 0. The number of rotatable bonds is 6. The van der Waals surface area contributed by atoms with Crippen LogP contribution in [0.4, 0.5) is 4.79 Å². The lowest BCUT2D eigenvalue weighted by molar-refractivity contribution is -0.124.